The molecule has 134 valence electrons. The third-order valence-corrected chi connectivity index (χ3v) is 3.36. The van der Waals surface area contributed by atoms with Gasteiger partial charge in [-0.05, 0) is 23.3 Å². The van der Waals surface area contributed by atoms with Crippen molar-refractivity contribution < 1.29 is 22.7 Å². The summed E-state index contributed by atoms with van der Waals surface area (Å²) >= 11 is 0. The number of rotatable bonds is 5. The van der Waals surface area contributed by atoms with E-state index in [0.29, 0.717) is 0 Å². The van der Waals surface area contributed by atoms with Gasteiger partial charge in [-0.1, -0.05) is 48.6 Å². The molecule has 2 aromatic rings. The Morgan fingerprint density at radius 1 is 1.19 bits per heavy atom. The second kappa shape index (κ2) is 8.72. The number of benzene rings is 2. The van der Waals surface area contributed by atoms with Gasteiger partial charge in [-0.2, -0.15) is 18.4 Å². The fourth-order valence-electron chi connectivity index (χ4n) is 2.12. The second-order valence-corrected chi connectivity index (χ2v) is 5.26. The molecular formula is C19H15F3N2O2. The average molecular weight is 360 g/mol. The first-order valence-electron chi connectivity index (χ1n) is 7.62. The molecule has 7 heteroatoms. The minimum atomic E-state index is -4.57. The standard InChI is InChI=1S/C19H15F3N2O2/c20-19(21,22)17-11-15(12-23)8-9-16(17)7-4-10-24-18(25)26-13-14-5-2-1-3-6-14/h1-9,11H,10,13H2,(H,24,25). The van der Waals surface area contributed by atoms with E-state index in [9.17, 15) is 18.0 Å². The van der Waals surface area contributed by atoms with E-state index in [4.69, 9.17) is 10.00 Å². The van der Waals surface area contributed by atoms with Gasteiger partial charge in [0.25, 0.3) is 0 Å². The maximum absolute atomic E-state index is 13.0. The molecule has 1 amide bonds. The first-order valence-corrected chi connectivity index (χ1v) is 7.62. The van der Waals surface area contributed by atoms with Gasteiger partial charge in [0.1, 0.15) is 6.61 Å². The SMILES string of the molecule is N#Cc1ccc(C=CCNC(=O)OCc2ccccc2)c(C(F)(F)F)c1. The number of nitrogens with zero attached hydrogens (tertiary/aromatic N) is 1. The van der Waals surface area contributed by atoms with Crippen molar-refractivity contribution in [2.24, 2.45) is 0 Å². The number of hydrogen-bond acceptors (Lipinski definition) is 3. The zero-order valence-electron chi connectivity index (χ0n) is 13.6. The van der Waals surface area contributed by atoms with Gasteiger partial charge < -0.3 is 10.1 Å². The van der Waals surface area contributed by atoms with Crippen LogP contribution in [0.15, 0.2) is 54.6 Å². The Morgan fingerprint density at radius 2 is 1.92 bits per heavy atom. The highest BCUT2D eigenvalue weighted by Gasteiger charge is 2.33. The number of nitrogens with one attached hydrogen (secondary N) is 1. The highest BCUT2D eigenvalue weighted by atomic mass is 19.4. The van der Waals surface area contributed by atoms with Crippen molar-refractivity contribution in [3.05, 3.63) is 76.9 Å². The molecule has 0 fully saturated rings. The zero-order valence-corrected chi connectivity index (χ0v) is 13.6. The van der Waals surface area contributed by atoms with Crippen molar-refractivity contribution in [2.45, 2.75) is 12.8 Å². The van der Waals surface area contributed by atoms with E-state index < -0.39 is 17.8 Å². The summed E-state index contributed by atoms with van der Waals surface area (Å²) in [5, 5.41) is 11.2. The molecule has 0 heterocycles. The lowest BCUT2D eigenvalue weighted by molar-refractivity contribution is -0.137. The highest BCUT2D eigenvalue weighted by Crippen LogP contribution is 2.33. The van der Waals surface area contributed by atoms with E-state index in [1.54, 1.807) is 18.2 Å². The summed E-state index contributed by atoms with van der Waals surface area (Å²) in [4.78, 5) is 11.6. The molecule has 0 atom stereocenters. The first kappa shape index (κ1) is 19.1. The minimum absolute atomic E-state index is 0.00488. The van der Waals surface area contributed by atoms with Crippen LogP contribution >= 0.6 is 0 Å². The average Bonchev–Trinajstić information content (AvgIpc) is 2.63. The number of alkyl halides is 3. The van der Waals surface area contributed by atoms with Crippen LogP contribution in [-0.2, 0) is 17.5 Å². The molecule has 0 spiro atoms. The fraction of sp³-hybridized carbons (Fsp3) is 0.158. The monoisotopic (exact) mass is 360 g/mol. The molecular weight excluding hydrogens is 345 g/mol. The molecule has 2 rings (SSSR count). The Labute approximate surface area is 148 Å². The van der Waals surface area contributed by atoms with Gasteiger partial charge in [0.15, 0.2) is 0 Å². The van der Waals surface area contributed by atoms with E-state index in [-0.39, 0.29) is 24.3 Å². The lowest BCUT2D eigenvalue weighted by Crippen LogP contribution is -2.24. The van der Waals surface area contributed by atoms with Crippen molar-refractivity contribution in [1.29, 1.82) is 5.26 Å². The lowest BCUT2D eigenvalue weighted by Gasteiger charge is -2.10. The number of hydrogen-bond donors (Lipinski definition) is 1. The Kier molecular flexibility index (Phi) is 6.39. The van der Waals surface area contributed by atoms with Crippen LogP contribution < -0.4 is 5.32 Å². The summed E-state index contributed by atoms with van der Waals surface area (Å²) in [7, 11) is 0. The number of alkyl carbamates (subject to hydrolysis) is 1. The molecule has 1 N–H and O–H groups in total. The van der Waals surface area contributed by atoms with Gasteiger partial charge >= 0.3 is 12.3 Å². The fourth-order valence-corrected chi connectivity index (χ4v) is 2.12. The van der Waals surface area contributed by atoms with Crippen LogP contribution in [0.1, 0.15) is 22.3 Å². The first-order chi connectivity index (χ1) is 12.4. The molecule has 0 saturated heterocycles. The predicted molar refractivity (Wildman–Crippen MR) is 89.8 cm³/mol. The van der Waals surface area contributed by atoms with Crippen LogP contribution in [0.4, 0.5) is 18.0 Å². The molecule has 2 aromatic carbocycles. The van der Waals surface area contributed by atoms with Gasteiger partial charge in [-0.25, -0.2) is 4.79 Å². The Bertz CT molecular complexity index is 825. The number of ether oxygens (including phenoxy) is 1. The predicted octanol–water partition coefficient (Wildman–Crippen LogP) is 4.52. The van der Waals surface area contributed by atoms with Crippen LogP contribution in [-0.4, -0.2) is 12.6 Å². The molecule has 4 nitrogen and oxygen atoms in total. The maximum Gasteiger partial charge on any atom is 0.417 e. The largest absolute Gasteiger partial charge is 0.445 e. The summed E-state index contributed by atoms with van der Waals surface area (Å²) in [6, 6.07) is 14.1. The van der Waals surface area contributed by atoms with Gasteiger partial charge in [0.05, 0.1) is 17.2 Å². The van der Waals surface area contributed by atoms with Crippen LogP contribution in [0.5, 0.6) is 0 Å². The van der Waals surface area contributed by atoms with Crippen LogP contribution in [0.2, 0.25) is 0 Å². The van der Waals surface area contributed by atoms with E-state index in [0.717, 1.165) is 11.6 Å². The molecule has 0 aliphatic carbocycles. The third-order valence-electron chi connectivity index (χ3n) is 3.36. The Hall–Kier alpha value is -3.27. The van der Waals surface area contributed by atoms with Gasteiger partial charge in [-0.3, -0.25) is 0 Å². The number of carbonyl (C=O) groups excluding carboxylic acids is 1. The van der Waals surface area contributed by atoms with E-state index >= 15 is 0 Å². The van der Waals surface area contributed by atoms with Crippen LogP contribution in [0.3, 0.4) is 0 Å². The van der Waals surface area contributed by atoms with Gasteiger partial charge in [0, 0.05) is 6.54 Å². The van der Waals surface area contributed by atoms with Crippen LogP contribution in [0, 0.1) is 11.3 Å². The van der Waals surface area contributed by atoms with Crippen molar-refractivity contribution >= 4 is 12.2 Å². The van der Waals surface area contributed by atoms with Crippen molar-refractivity contribution in [1.82, 2.24) is 5.32 Å². The summed E-state index contributed by atoms with van der Waals surface area (Å²) < 4.78 is 44.1. The smallest absolute Gasteiger partial charge is 0.417 e. The highest BCUT2D eigenvalue weighted by molar-refractivity contribution is 5.67. The van der Waals surface area contributed by atoms with E-state index in [2.05, 4.69) is 5.32 Å². The molecule has 0 aliphatic rings. The van der Waals surface area contributed by atoms with Crippen LogP contribution in [0.25, 0.3) is 6.08 Å². The molecule has 0 aliphatic heterocycles. The molecule has 0 radical (unpaired) electrons. The Balaban J connectivity index is 1.90. The molecule has 0 unspecified atom stereocenters. The topological polar surface area (TPSA) is 62.1 Å². The van der Waals surface area contributed by atoms with Gasteiger partial charge in [0.2, 0.25) is 0 Å². The van der Waals surface area contributed by atoms with Crippen molar-refractivity contribution in [2.75, 3.05) is 6.54 Å². The summed E-state index contributed by atoms with van der Waals surface area (Å²) in [6.45, 7) is 0.106. The molecule has 0 bridgehead atoms. The second-order valence-electron chi connectivity index (χ2n) is 5.26. The summed E-state index contributed by atoms with van der Waals surface area (Å²) in [5.74, 6) is 0. The molecule has 0 saturated carbocycles. The number of halogens is 3. The lowest BCUT2D eigenvalue weighted by atomic mass is 10.0. The normalized spacial score (nSPS) is 11.2. The third kappa shape index (κ3) is 5.67. The maximum atomic E-state index is 13.0. The quantitative estimate of drug-likeness (QED) is 0.853. The zero-order chi connectivity index (χ0) is 19.0. The Morgan fingerprint density at radius 3 is 2.58 bits per heavy atom. The summed E-state index contributed by atoms with van der Waals surface area (Å²) in [6.07, 6.45) is -2.63. The van der Waals surface area contributed by atoms with Crippen molar-refractivity contribution in [3.63, 3.8) is 0 Å². The minimum Gasteiger partial charge on any atom is -0.445 e. The number of nitriles is 1. The van der Waals surface area contributed by atoms with E-state index in [1.165, 1.54) is 24.3 Å². The molecule has 26 heavy (non-hydrogen) atoms. The number of carbonyl (C=O) groups is 1. The number of amides is 1. The van der Waals surface area contributed by atoms with Gasteiger partial charge in [-0.15, -0.1) is 0 Å². The molecule has 0 aromatic heterocycles. The van der Waals surface area contributed by atoms with E-state index in [1.807, 2.05) is 18.2 Å². The summed E-state index contributed by atoms with van der Waals surface area (Å²) in [5.41, 5.74) is -0.238. The van der Waals surface area contributed by atoms with Crippen molar-refractivity contribution in [3.8, 4) is 6.07 Å².